The first-order valence-electron chi connectivity index (χ1n) is 12.1. The molecular formula is C25H32O6. The van der Waals surface area contributed by atoms with Crippen LogP contribution in [0.4, 0.5) is 0 Å². The van der Waals surface area contributed by atoms with Crippen LogP contribution < -0.4 is 0 Å². The number of esters is 3. The Kier molecular flexibility index (Phi) is 4.21. The topological polar surface area (TPSA) is 78.9 Å². The summed E-state index contributed by atoms with van der Waals surface area (Å²) in [4.78, 5) is 38.6. The molecule has 0 radical (unpaired) electrons. The summed E-state index contributed by atoms with van der Waals surface area (Å²) < 4.78 is 17.8. The van der Waals surface area contributed by atoms with Crippen molar-refractivity contribution in [2.45, 2.75) is 76.6 Å². The highest BCUT2D eigenvalue weighted by Gasteiger charge is 2.71. The summed E-state index contributed by atoms with van der Waals surface area (Å²) in [5, 5.41) is 0. The quantitative estimate of drug-likeness (QED) is 0.379. The van der Waals surface area contributed by atoms with Gasteiger partial charge in [0, 0.05) is 17.4 Å². The molecule has 6 bridgehead atoms. The predicted molar refractivity (Wildman–Crippen MR) is 109 cm³/mol. The van der Waals surface area contributed by atoms with Gasteiger partial charge in [-0.05, 0) is 75.5 Å². The van der Waals surface area contributed by atoms with Gasteiger partial charge < -0.3 is 14.2 Å². The molecule has 7 rings (SSSR count). The number of rotatable bonds is 5. The standard InChI is InChI=1S/C25H32O6/c1-4-25(14-6-12-5-13(8-14)9-15(25)7-12)31-24(28)19-17-10-16-18(19)23(27)30-21(16)20(17)29-22(26)11(2)3/h12-21H,2,4-10H2,1,3H3. The van der Waals surface area contributed by atoms with Crippen LogP contribution in [0.5, 0.6) is 0 Å². The Bertz CT molecular complexity index is 832. The van der Waals surface area contributed by atoms with Gasteiger partial charge in [0.2, 0.25) is 0 Å². The number of carbonyl (C=O) groups excluding carboxylic acids is 3. The van der Waals surface area contributed by atoms with E-state index in [0.29, 0.717) is 23.8 Å². The Morgan fingerprint density at radius 1 is 1.06 bits per heavy atom. The lowest BCUT2D eigenvalue weighted by Gasteiger charge is -2.60. The van der Waals surface area contributed by atoms with E-state index in [2.05, 4.69) is 13.5 Å². The van der Waals surface area contributed by atoms with Gasteiger partial charge in [0.05, 0.1) is 11.8 Å². The van der Waals surface area contributed by atoms with Crippen molar-refractivity contribution in [3.8, 4) is 0 Å². The summed E-state index contributed by atoms with van der Waals surface area (Å²) in [5.74, 6) is 0.0856. The third kappa shape index (κ3) is 2.59. The minimum absolute atomic E-state index is 0.0611. The number of hydrogen-bond acceptors (Lipinski definition) is 6. The van der Waals surface area contributed by atoms with Crippen molar-refractivity contribution >= 4 is 17.9 Å². The van der Waals surface area contributed by atoms with Gasteiger partial charge in [-0.1, -0.05) is 13.5 Å². The zero-order valence-electron chi connectivity index (χ0n) is 18.4. The lowest BCUT2D eigenvalue weighted by atomic mass is 9.49. The molecule has 168 valence electrons. The Morgan fingerprint density at radius 3 is 2.29 bits per heavy atom. The summed E-state index contributed by atoms with van der Waals surface area (Å²) >= 11 is 0. The van der Waals surface area contributed by atoms with Crippen molar-refractivity contribution in [1.82, 2.24) is 0 Å². The maximum atomic E-state index is 13.7. The van der Waals surface area contributed by atoms with Gasteiger partial charge >= 0.3 is 17.9 Å². The lowest BCUT2D eigenvalue weighted by Crippen LogP contribution is -2.60. The summed E-state index contributed by atoms with van der Waals surface area (Å²) in [7, 11) is 0. The third-order valence-corrected chi connectivity index (χ3v) is 9.77. The Hall–Kier alpha value is -1.85. The van der Waals surface area contributed by atoms with Gasteiger partial charge in [0.15, 0.2) is 0 Å². The van der Waals surface area contributed by atoms with E-state index in [1.54, 1.807) is 6.92 Å². The molecule has 1 heterocycles. The van der Waals surface area contributed by atoms with Crippen molar-refractivity contribution in [2.24, 2.45) is 47.3 Å². The number of hydrogen-bond donors (Lipinski definition) is 0. The van der Waals surface area contributed by atoms with E-state index < -0.39 is 35.6 Å². The Labute approximate surface area is 183 Å². The summed E-state index contributed by atoms with van der Waals surface area (Å²) in [6.45, 7) is 7.40. The highest BCUT2D eigenvalue weighted by molar-refractivity contribution is 5.88. The predicted octanol–water partition coefficient (Wildman–Crippen LogP) is 3.43. The van der Waals surface area contributed by atoms with Crippen LogP contribution in [0, 0.1) is 47.3 Å². The molecule has 1 saturated heterocycles. The van der Waals surface area contributed by atoms with Crippen LogP contribution >= 0.6 is 0 Å². The molecule has 6 nitrogen and oxygen atoms in total. The minimum atomic E-state index is -0.578. The highest BCUT2D eigenvalue weighted by atomic mass is 16.6. The molecule has 0 spiro atoms. The van der Waals surface area contributed by atoms with E-state index in [9.17, 15) is 14.4 Å². The van der Waals surface area contributed by atoms with E-state index in [0.717, 1.165) is 43.9 Å². The molecule has 6 atom stereocenters. The van der Waals surface area contributed by atoms with Crippen LogP contribution in [-0.4, -0.2) is 35.7 Å². The largest absolute Gasteiger partial charge is 0.458 e. The third-order valence-electron chi connectivity index (χ3n) is 9.77. The van der Waals surface area contributed by atoms with E-state index in [1.807, 2.05) is 0 Å². The van der Waals surface area contributed by atoms with Crippen LogP contribution in [0.25, 0.3) is 0 Å². The van der Waals surface area contributed by atoms with Gasteiger partial charge in [-0.15, -0.1) is 0 Å². The van der Waals surface area contributed by atoms with Crippen molar-refractivity contribution in [2.75, 3.05) is 0 Å². The van der Waals surface area contributed by atoms with Crippen molar-refractivity contribution < 1.29 is 28.6 Å². The Balaban J connectivity index is 1.27. The maximum absolute atomic E-state index is 13.7. The molecule has 1 aliphatic heterocycles. The molecule has 31 heavy (non-hydrogen) atoms. The van der Waals surface area contributed by atoms with E-state index in [-0.39, 0.29) is 23.8 Å². The van der Waals surface area contributed by atoms with Gasteiger partial charge in [0.1, 0.15) is 17.8 Å². The number of fused-ring (bicyclic) bond motifs is 1. The second kappa shape index (κ2) is 6.58. The average Bonchev–Trinajstić information content (AvgIpc) is 3.33. The van der Waals surface area contributed by atoms with E-state index in [4.69, 9.17) is 14.2 Å². The van der Waals surface area contributed by atoms with Crippen molar-refractivity contribution in [3.63, 3.8) is 0 Å². The molecule has 6 aliphatic carbocycles. The normalized spacial score (nSPS) is 50.5. The molecule has 6 heteroatoms. The highest BCUT2D eigenvalue weighted by Crippen LogP contribution is 2.63. The number of carbonyl (C=O) groups is 3. The smallest absolute Gasteiger partial charge is 0.333 e. The van der Waals surface area contributed by atoms with Crippen LogP contribution in [0.2, 0.25) is 0 Å². The minimum Gasteiger partial charge on any atom is -0.458 e. The molecule has 7 fully saturated rings. The zero-order valence-corrected chi connectivity index (χ0v) is 18.4. The lowest BCUT2D eigenvalue weighted by molar-refractivity contribution is -0.218. The van der Waals surface area contributed by atoms with Gasteiger partial charge in [-0.25, -0.2) is 4.79 Å². The van der Waals surface area contributed by atoms with Crippen LogP contribution in [0.1, 0.15) is 58.8 Å². The SMILES string of the molecule is C=C(C)C(=O)OC1C2CC3C1OC(=O)C3C2C(=O)OC1(CC)C2CC3CC(C2)CC1C3. The summed E-state index contributed by atoms with van der Waals surface area (Å²) in [6.07, 6.45) is 6.49. The van der Waals surface area contributed by atoms with Crippen molar-refractivity contribution in [1.29, 1.82) is 0 Å². The summed E-state index contributed by atoms with van der Waals surface area (Å²) in [6, 6.07) is 0. The van der Waals surface area contributed by atoms with Crippen LogP contribution in [0.15, 0.2) is 12.2 Å². The molecule has 0 aromatic rings. The summed E-state index contributed by atoms with van der Waals surface area (Å²) in [5.41, 5.74) is -0.0840. The fraction of sp³-hybridized carbons (Fsp3) is 0.800. The van der Waals surface area contributed by atoms with Gasteiger partial charge in [-0.2, -0.15) is 0 Å². The molecular weight excluding hydrogens is 396 g/mol. The molecule has 0 amide bonds. The second-order valence-corrected chi connectivity index (χ2v) is 11.2. The van der Waals surface area contributed by atoms with Gasteiger partial charge in [-0.3, -0.25) is 9.59 Å². The second-order valence-electron chi connectivity index (χ2n) is 11.2. The molecule has 7 aliphatic rings. The molecule has 0 N–H and O–H groups in total. The molecule has 0 aromatic carbocycles. The fourth-order valence-corrected chi connectivity index (χ4v) is 8.75. The zero-order chi connectivity index (χ0) is 21.7. The first kappa shape index (κ1) is 19.8. The first-order chi connectivity index (χ1) is 14.8. The van der Waals surface area contributed by atoms with Crippen molar-refractivity contribution in [3.05, 3.63) is 12.2 Å². The van der Waals surface area contributed by atoms with E-state index >= 15 is 0 Å². The van der Waals surface area contributed by atoms with Crippen LogP contribution in [-0.2, 0) is 28.6 Å². The molecule has 0 aromatic heterocycles. The maximum Gasteiger partial charge on any atom is 0.333 e. The van der Waals surface area contributed by atoms with Crippen LogP contribution in [0.3, 0.4) is 0 Å². The molecule has 6 unspecified atom stereocenters. The van der Waals surface area contributed by atoms with Gasteiger partial charge in [0.25, 0.3) is 0 Å². The average molecular weight is 429 g/mol. The Morgan fingerprint density at radius 2 is 1.71 bits per heavy atom. The van der Waals surface area contributed by atoms with E-state index in [1.165, 1.54) is 6.42 Å². The monoisotopic (exact) mass is 428 g/mol. The fourth-order valence-electron chi connectivity index (χ4n) is 8.75. The number of ether oxygens (including phenoxy) is 3. The molecule has 6 saturated carbocycles. The first-order valence-corrected chi connectivity index (χ1v) is 12.1.